The Morgan fingerprint density at radius 1 is 0.421 bits per heavy atom. The summed E-state index contributed by atoms with van der Waals surface area (Å²) in [6, 6.07) is 0. The van der Waals surface area contributed by atoms with Crippen molar-refractivity contribution in [1.82, 2.24) is 0 Å². The maximum atomic E-state index is 2.34. The van der Waals surface area contributed by atoms with Gasteiger partial charge in [-0.05, 0) is 11.8 Å². The molecule has 0 heterocycles. The fourth-order valence-corrected chi connectivity index (χ4v) is 3.54. The molecule has 116 valence electrons. The third-order valence-corrected chi connectivity index (χ3v) is 4.51. The molecule has 19 heavy (non-hydrogen) atoms. The minimum Gasteiger partial charge on any atom is -0.0654 e. The zero-order valence-corrected chi connectivity index (χ0v) is 14.3. The van der Waals surface area contributed by atoms with Crippen LogP contribution in [0.25, 0.3) is 0 Å². The van der Waals surface area contributed by atoms with Crippen LogP contribution in [-0.2, 0) is 0 Å². The topological polar surface area (TPSA) is 0 Å². The second kappa shape index (κ2) is 14.4. The first-order chi connectivity index (χ1) is 9.28. The van der Waals surface area contributed by atoms with E-state index in [0.717, 1.165) is 11.8 Å². The van der Waals surface area contributed by atoms with Crippen LogP contribution in [0.15, 0.2) is 0 Å². The van der Waals surface area contributed by atoms with E-state index in [1.54, 1.807) is 0 Å². The van der Waals surface area contributed by atoms with Gasteiger partial charge in [0, 0.05) is 0 Å². The fraction of sp³-hybridized carbons (Fsp3) is 1.00. The summed E-state index contributed by atoms with van der Waals surface area (Å²) in [4.78, 5) is 0. The van der Waals surface area contributed by atoms with Crippen LogP contribution in [0.5, 0.6) is 0 Å². The molecule has 0 aliphatic heterocycles. The molecule has 0 spiro atoms. The largest absolute Gasteiger partial charge is 0.0654 e. The van der Waals surface area contributed by atoms with Crippen LogP contribution in [0.3, 0.4) is 0 Å². The molecule has 0 rings (SSSR count). The summed E-state index contributed by atoms with van der Waals surface area (Å²) in [5.74, 6) is 2.05. The predicted octanol–water partition coefficient (Wildman–Crippen LogP) is 7.37. The number of hydrogen-bond acceptors (Lipinski definition) is 0. The van der Waals surface area contributed by atoms with Crippen LogP contribution < -0.4 is 0 Å². The SMILES string of the molecule is CCCC(CCC)CCCCCC(CCC)CCC. The third kappa shape index (κ3) is 11.5. The highest BCUT2D eigenvalue weighted by molar-refractivity contribution is 4.61. The van der Waals surface area contributed by atoms with E-state index in [1.165, 1.54) is 83.5 Å². The lowest BCUT2D eigenvalue weighted by Gasteiger charge is -2.17. The lowest BCUT2D eigenvalue weighted by molar-refractivity contribution is 0.367. The van der Waals surface area contributed by atoms with Crippen LogP contribution in [0, 0.1) is 11.8 Å². The smallest absolute Gasteiger partial charge is 0.0414 e. The van der Waals surface area contributed by atoms with Gasteiger partial charge in [-0.3, -0.25) is 0 Å². The van der Waals surface area contributed by atoms with E-state index in [0.29, 0.717) is 0 Å². The normalized spacial score (nSPS) is 11.7. The maximum Gasteiger partial charge on any atom is -0.0414 e. The molecule has 0 aliphatic carbocycles. The Bertz CT molecular complexity index is 131. The van der Waals surface area contributed by atoms with Crippen LogP contribution in [0.1, 0.15) is 111 Å². The van der Waals surface area contributed by atoms with Gasteiger partial charge in [0.25, 0.3) is 0 Å². The van der Waals surface area contributed by atoms with Crippen LogP contribution in [-0.4, -0.2) is 0 Å². The van der Waals surface area contributed by atoms with Crippen molar-refractivity contribution in [3.63, 3.8) is 0 Å². The Morgan fingerprint density at radius 3 is 1.00 bits per heavy atom. The van der Waals surface area contributed by atoms with Gasteiger partial charge in [-0.25, -0.2) is 0 Å². The Morgan fingerprint density at radius 2 is 0.737 bits per heavy atom. The minimum absolute atomic E-state index is 1.03. The van der Waals surface area contributed by atoms with Crippen molar-refractivity contribution in [2.45, 2.75) is 111 Å². The molecule has 0 aromatic rings. The molecular formula is C19H40. The lowest BCUT2D eigenvalue weighted by Crippen LogP contribution is -2.01. The second-order valence-electron chi connectivity index (χ2n) is 6.52. The van der Waals surface area contributed by atoms with Gasteiger partial charge in [-0.15, -0.1) is 0 Å². The van der Waals surface area contributed by atoms with Crippen molar-refractivity contribution in [3.05, 3.63) is 0 Å². The molecule has 0 nitrogen and oxygen atoms in total. The van der Waals surface area contributed by atoms with E-state index in [1.807, 2.05) is 0 Å². The fourth-order valence-electron chi connectivity index (χ4n) is 3.54. The summed E-state index contributed by atoms with van der Waals surface area (Å²) in [6.45, 7) is 9.34. The summed E-state index contributed by atoms with van der Waals surface area (Å²) in [5, 5.41) is 0. The first-order valence-electron chi connectivity index (χ1n) is 9.28. The number of hydrogen-bond donors (Lipinski definition) is 0. The first kappa shape index (κ1) is 19.0. The monoisotopic (exact) mass is 268 g/mol. The summed E-state index contributed by atoms with van der Waals surface area (Å²) < 4.78 is 0. The summed E-state index contributed by atoms with van der Waals surface area (Å²) >= 11 is 0. The van der Waals surface area contributed by atoms with E-state index >= 15 is 0 Å². The molecule has 0 aliphatic rings. The molecule has 0 atom stereocenters. The van der Waals surface area contributed by atoms with E-state index in [-0.39, 0.29) is 0 Å². The van der Waals surface area contributed by atoms with Crippen molar-refractivity contribution < 1.29 is 0 Å². The van der Waals surface area contributed by atoms with Crippen LogP contribution in [0.2, 0.25) is 0 Å². The van der Waals surface area contributed by atoms with Crippen molar-refractivity contribution in [2.24, 2.45) is 11.8 Å². The van der Waals surface area contributed by atoms with Gasteiger partial charge in [-0.1, -0.05) is 111 Å². The first-order valence-corrected chi connectivity index (χ1v) is 9.28. The summed E-state index contributed by atoms with van der Waals surface area (Å²) in [7, 11) is 0. The predicted molar refractivity (Wildman–Crippen MR) is 89.7 cm³/mol. The Balaban J connectivity index is 3.59. The highest BCUT2D eigenvalue weighted by Crippen LogP contribution is 2.24. The minimum atomic E-state index is 1.03. The van der Waals surface area contributed by atoms with Crippen molar-refractivity contribution in [1.29, 1.82) is 0 Å². The van der Waals surface area contributed by atoms with Crippen molar-refractivity contribution >= 4 is 0 Å². The Labute approximate surface area is 123 Å². The Hall–Kier alpha value is 0. The molecule has 0 heteroatoms. The van der Waals surface area contributed by atoms with Gasteiger partial charge in [-0.2, -0.15) is 0 Å². The molecule has 0 aromatic heterocycles. The van der Waals surface area contributed by atoms with Crippen molar-refractivity contribution in [2.75, 3.05) is 0 Å². The molecule has 0 fully saturated rings. The zero-order chi connectivity index (χ0) is 14.3. The zero-order valence-electron chi connectivity index (χ0n) is 14.3. The second-order valence-corrected chi connectivity index (χ2v) is 6.52. The van der Waals surface area contributed by atoms with Gasteiger partial charge in [0.15, 0.2) is 0 Å². The quantitative estimate of drug-likeness (QED) is 0.288. The summed E-state index contributed by atoms with van der Waals surface area (Å²) in [5.41, 5.74) is 0. The maximum absolute atomic E-state index is 2.34. The molecule has 0 radical (unpaired) electrons. The van der Waals surface area contributed by atoms with Gasteiger partial charge in [0.05, 0.1) is 0 Å². The molecular weight excluding hydrogens is 228 g/mol. The van der Waals surface area contributed by atoms with Gasteiger partial charge >= 0.3 is 0 Å². The molecule has 0 unspecified atom stereocenters. The number of rotatable bonds is 14. The van der Waals surface area contributed by atoms with E-state index in [9.17, 15) is 0 Å². The standard InChI is InChI=1S/C19H40/c1-5-12-18(13-6-2)16-10-9-11-17-19(14-7-3)15-8-4/h18-19H,5-17H2,1-4H3. The summed E-state index contributed by atoms with van der Waals surface area (Å²) in [6.07, 6.45) is 18.8. The van der Waals surface area contributed by atoms with E-state index in [2.05, 4.69) is 27.7 Å². The van der Waals surface area contributed by atoms with Crippen LogP contribution in [0.4, 0.5) is 0 Å². The van der Waals surface area contributed by atoms with Gasteiger partial charge in [0.2, 0.25) is 0 Å². The molecule has 0 saturated heterocycles. The lowest BCUT2D eigenvalue weighted by atomic mass is 9.90. The van der Waals surface area contributed by atoms with Crippen LogP contribution >= 0.6 is 0 Å². The highest BCUT2D eigenvalue weighted by Gasteiger charge is 2.08. The highest BCUT2D eigenvalue weighted by atomic mass is 14.1. The molecule has 0 saturated carbocycles. The Kier molecular flexibility index (Phi) is 14.4. The van der Waals surface area contributed by atoms with E-state index < -0.39 is 0 Å². The average Bonchev–Trinajstić information content (AvgIpc) is 2.39. The third-order valence-electron chi connectivity index (χ3n) is 4.51. The molecule has 0 aromatic carbocycles. The average molecular weight is 269 g/mol. The number of unbranched alkanes of at least 4 members (excludes halogenated alkanes) is 2. The molecule has 0 amide bonds. The van der Waals surface area contributed by atoms with E-state index in [4.69, 9.17) is 0 Å². The van der Waals surface area contributed by atoms with Gasteiger partial charge in [0.1, 0.15) is 0 Å². The van der Waals surface area contributed by atoms with Gasteiger partial charge < -0.3 is 0 Å². The molecule has 0 N–H and O–H groups in total. The van der Waals surface area contributed by atoms with Crippen molar-refractivity contribution in [3.8, 4) is 0 Å². The molecule has 0 bridgehead atoms.